The molecule has 68 heavy (non-hydrogen) atoms. The van der Waals surface area contributed by atoms with E-state index in [0.717, 1.165) is 38.5 Å². The Morgan fingerprint density at radius 1 is 0.456 bits per heavy atom. The number of rotatable bonds is 51. The fraction of sp³-hybridized carbons (Fsp3) is 0.982. The second-order valence-electron chi connectivity index (χ2n) is 21.1. The van der Waals surface area contributed by atoms with E-state index in [2.05, 4.69) is 19.2 Å². The van der Waals surface area contributed by atoms with Crippen molar-refractivity contribution in [2.75, 3.05) is 13.2 Å². The minimum absolute atomic E-state index is 0.267. The van der Waals surface area contributed by atoms with E-state index in [9.17, 15) is 40.5 Å². The predicted octanol–water partition coefficient (Wildman–Crippen LogP) is 12.2. The average molecular weight is 973 g/mol. The van der Waals surface area contributed by atoms with Crippen LogP contribution >= 0.6 is 0 Å². The van der Waals surface area contributed by atoms with Crippen molar-refractivity contribution < 1.29 is 50.0 Å². The van der Waals surface area contributed by atoms with Crippen LogP contribution in [0.1, 0.15) is 290 Å². The lowest BCUT2D eigenvalue weighted by atomic mass is 9.98. The molecule has 1 rings (SSSR count). The molecular formula is C57H113NO10. The van der Waals surface area contributed by atoms with Gasteiger partial charge in [-0.2, -0.15) is 0 Å². The third-order valence-electron chi connectivity index (χ3n) is 14.7. The first-order chi connectivity index (χ1) is 33.2. The van der Waals surface area contributed by atoms with Crippen LogP contribution in [0.25, 0.3) is 0 Å². The standard InChI is InChI=1S/C57H113NO10/c1-3-5-7-9-11-13-14-15-16-17-18-19-20-21-22-23-24-25-26-27-28-29-30-31-32-33-34-35-37-39-41-43-45-50(61)56(66)58-48(47-67-57-55(65)54(64)53(63)51(46-59)68-57)52(62)49(60)44-42-40-38-36-12-10-8-6-4-2/h48-55,57,59-65H,3-47H2,1-2H3,(H,58,66). The summed E-state index contributed by atoms with van der Waals surface area (Å²) in [5.41, 5.74) is 0. The molecule has 9 unspecified atom stereocenters. The maximum atomic E-state index is 13.1. The van der Waals surface area contributed by atoms with E-state index >= 15 is 0 Å². The van der Waals surface area contributed by atoms with Crippen LogP contribution in [0.3, 0.4) is 0 Å². The van der Waals surface area contributed by atoms with Crippen LogP contribution in [-0.4, -0.2) is 110 Å². The van der Waals surface area contributed by atoms with Crippen LogP contribution in [-0.2, 0) is 14.3 Å². The molecule has 9 atom stereocenters. The number of unbranched alkanes of at least 4 members (excludes halogenated alkanes) is 39. The molecule has 1 amide bonds. The second kappa shape index (κ2) is 47.1. The maximum absolute atomic E-state index is 13.1. The molecule has 8 N–H and O–H groups in total. The van der Waals surface area contributed by atoms with E-state index in [1.54, 1.807) is 0 Å². The molecule has 0 aromatic heterocycles. The monoisotopic (exact) mass is 972 g/mol. The number of aliphatic hydroxyl groups excluding tert-OH is 7. The lowest BCUT2D eigenvalue weighted by molar-refractivity contribution is -0.303. The number of hydrogen-bond donors (Lipinski definition) is 8. The predicted molar refractivity (Wildman–Crippen MR) is 280 cm³/mol. The highest BCUT2D eigenvalue weighted by Crippen LogP contribution is 2.24. The molecule has 0 saturated carbocycles. The summed E-state index contributed by atoms with van der Waals surface area (Å²) in [7, 11) is 0. The van der Waals surface area contributed by atoms with E-state index in [0.29, 0.717) is 19.3 Å². The molecule has 1 saturated heterocycles. The van der Waals surface area contributed by atoms with Crippen LogP contribution in [0.15, 0.2) is 0 Å². The van der Waals surface area contributed by atoms with Gasteiger partial charge >= 0.3 is 0 Å². The molecule has 0 aliphatic carbocycles. The molecule has 0 bridgehead atoms. The normalized spacial score (nSPS) is 20.4. The number of nitrogens with one attached hydrogen (secondary N) is 1. The lowest BCUT2D eigenvalue weighted by Crippen LogP contribution is -2.60. The largest absolute Gasteiger partial charge is 0.394 e. The van der Waals surface area contributed by atoms with Gasteiger partial charge in [-0.25, -0.2) is 0 Å². The molecule has 1 heterocycles. The Bertz CT molecular complexity index is 1070. The Balaban J connectivity index is 2.12. The van der Waals surface area contributed by atoms with Gasteiger partial charge in [-0.05, 0) is 12.8 Å². The third-order valence-corrected chi connectivity index (χ3v) is 14.7. The minimum atomic E-state index is -1.66. The van der Waals surface area contributed by atoms with Gasteiger partial charge < -0.3 is 50.5 Å². The van der Waals surface area contributed by atoms with Crippen LogP contribution in [0.2, 0.25) is 0 Å². The van der Waals surface area contributed by atoms with Crippen molar-refractivity contribution in [3.63, 3.8) is 0 Å². The van der Waals surface area contributed by atoms with E-state index in [-0.39, 0.29) is 6.42 Å². The summed E-state index contributed by atoms with van der Waals surface area (Å²) >= 11 is 0. The van der Waals surface area contributed by atoms with Gasteiger partial charge in [0.2, 0.25) is 5.91 Å². The van der Waals surface area contributed by atoms with Crippen LogP contribution in [0.5, 0.6) is 0 Å². The zero-order valence-corrected chi connectivity index (χ0v) is 44.4. The molecule has 1 aliphatic heterocycles. The Morgan fingerprint density at radius 3 is 1.09 bits per heavy atom. The highest BCUT2D eigenvalue weighted by Gasteiger charge is 2.44. The van der Waals surface area contributed by atoms with Gasteiger partial charge in [0.1, 0.15) is 36.6 Å². The SMILES string of the molecule is CCCCCCCCCCCCCCCCCCCCCCCCCCCCCCCCCCC(O)C(=O)NC(COC1OC(CO)C(O)C(O)C1O)C(O)C(O)CCCCCCCCCCC. The first-order valence-electron chi connectivity index (χ1n) is 29.4. The molecule has 0 aromatic carbocycles. The van der Waals surface area contributed by atoms with Crippen molar-refractivity contribution in [2.45, 2.75) is 345 Å². The van der Waals surface area contributed by atoms with Crippen molar-refractivity contribution in [2.24, 2.45) is 0 Å². The topological polar surface area (TPSA) is 189 Å². The Hall–Kier alpha value is -0.890. The smallest absolute Gasteiger partial charge is 0.249 e. The summed E-state index contributed by atoms with van der Waals surface area (Å²) < 4.78 is 11.1. The first-order valence-corrected chi connectivity index (χ1v) is 29.4. The highest BCUT2D eigenvalue weighted by molar-refractivity contribution is 5.80. The summed E-state index contributed by atoms with van der Waals surface area (Å²) in [5.74, 6) is -0.692. The summed E-state index contributed by atoms with van der Waals surface area (Å²) in [6, 6.07) is -1.16. The van der Waals surface area contributed by atoms with Crippen LogP contribution in [0.4, 0.5) is 0 Å². The Morgan fingerprint density at radius 2 is 0.765 bits per heavy atom. The van der Waals surface area contributed by atoms with E-state index in [1.807, 2.05) is 0 Å². The number of carbonyl (C=O) groups is 1. The molecule has 0 spiro atoms. The summed E-state index contributed by atoms with van der Waals surface area (Å²) in [6.07, 6.45) is 42.1. The molecular weight excluding hydrogens is 859 g/mol. The van der Waals surface area contributed by atoms with E-state index < -0.39 is 74.2 Å². The van der Waals surface area contributed by atoms with Crippen molar-refractivity contribution in [1.82, 2.24) is 5.32 Å². The molecule has 11 heteroatoms. The van der Waals surface area contributed by atoms with Crippen molar-refractivity contribution in [1.29, 1.82) is 0 Å². The Labute approximate surface area is 418 Å². The quantitative estimate of drug-likeness (QED) is 0.0272. The molecule has 0 radical (unpaired) electrons. The van der Waals surface area contributed by atoms with E-state index in [4.69, 9.17) is 9.47 Å². The van der Waals surface area contributed by atoms with Gasteiger partial charge in [-0.3, -0.25) is 4.79 Å². The van der Waals surface area contributed by atoms with Gasteiger partial charge in [0.25, 0.3) is 0 Å². The van der Waals surface area contributed by atoms with Gasteiger partial charge in [-0.1, -0.05) is 277 Å². The molecule has 0 aromatic rings. The van der Waals surface area contributed by atoms with Gasteiger partial charge in [0.05, 0.1) is 25.4 Å². The molecule has 406 valence electrons. The number of ether oxygens (including phenoxy) is 2. The van der Waals surface area contributed by atoms with Crippen LogP contribution < -0.4 is 5.32 Å². The minimum Gasteiger partial charge on any atom is -0.394 e. The average Bonchev–Trinajstić information content (AvgIpc) is 3.34. The number of carbonyl (C=O) groups excluding carboxylic acids is 1. The van der Waals surface area contributed by atoms with Crippen molar-refractivity contribution >= 4 is 5.91 Å². The summed E-state index contributed by atoms with van der Waals surface area (Å²) in [6.45, 7) is 3.45. The molecule has 1 fully saturated rings. The number of hydrogen-bond acceptors (Lipinski definition) is 10. The molecule has 1 aliphatic rings. The van der Waals surface area contributed by atoms with E-state index in [1.165, 1.54) is 212 Å². The maximum Gasteiger partial charge on any atom is 0.249 e. The van der Waals surface area contributed by atoms with Gasteiger partial charge in [0.15, 0.2) is 6.29 Å². The van der Waals surface area contributed by atoms with Gasteiger partial charge in [-0.15, -0.1) is 0 Å². The number of aliphatic hydroxyl groups is 7. The fourth-order valence-corrected chi connectivity index (χ4v) is 9.86. The fourth-order valence-electron chi connectivity index (χ4n) is 9.86. The Kier molecular flexibility index (Phi) is 45.1. The summed E-state index contributed by atoms with van der Waals surface area (Å²) in [5, 5.41) is 75.8. The third kappa shape index (κ3) is 35.3. The van der Waals surface area contributed by atoms with Crippen molar-refractivity contribution in [3.05, 3.63) is 0 Å². The van der Waals surface area contributed by atoms with Crippen molar-refractivity contribution in [3.8, 4) is 0 Å². The first kappa shape index (κ1) is 65.1. The zero-order valence-electron chi connectivity index (χ0n) is 44.4. The summed E-state index contributed by atoms with van der Waals surface area (Å²) in [4.78, 5) is 13.1. The zero-order chi connectivity index (χ0) is 49.7. The number of amides is 1. The van der Waals surface area contributed by atoms with Gasteiger partial charge in [0, 0.05) is 0 Å². The lowest BCUT2D eigenvalue weighted by Gasteiger charge is -2.40. The molecule has 11 nitrogen and oxygen atoms in total. The second-order valence-corrected chi connectivity index (χ2v) is 21.1. The van der Waals surface area contributed by atoms with Crippen LogP contribution in [0, 0.1) is 0 Å². The highest BCUT2D eigenvalue weighted by atomic mass is 16.7.